The molecule has 0 saturated heterocycles. The molecule has 2 aromatic carbocycles. The highest BCUT2D eigenvalue weighted by Gasteiger charge is 2.51. The molecule has 4 heteroatoms. The zero-order valence-electron chi connectivity index (χ0n) is 14.0. The first-order valence-electron chi connectivity index (χ1n) is 7.57. The average molecular weight is 309 g/mol. The third-order valence-electron chi connectivity index (χ3n) is 4.97. The van der Waals surface area contributed by atoms with Crippen molar-refractivity contribution in [3.05, 3.63) is 35.4 Å². The van der Waals surface area contributed by atoms with Gasteiger partial charge in [-0.1, -0.05) is 38.1 Å². The quantitative estimate of drug-likeness (QED) is 0.588. The summed E-state index contributed by atoms with van der Waals surface area (Å²) in [5.41, 5.74) is 0.314. The Balaban J connectivity index is 2.50. The molecule has 2 aromatic rings. The van der Waals surface area contributed by atoms with Gasteiger partial charge in [-0.05, 0) is 13.8 Å². The van der Waals surface area contributed by atoms with Gasteiger partial charge in [0.2, 0.25) is 0 Å². The van der Waals surface area contributed by atoms with Crippen LogP contribution in [-0.4, -0.2) is 11.6 Å². The highest BCUT2D eigenvalue weighted by molar-refractivity contribution is 5.99. The average Bonchev–Trinajstić information content (AvgIpc) is 2.66. The van der Waals surface area contributed by atoms with Gasteiger partial charge in [-0.25, -0.2) is 0 Å². The van der Waals surface area contributed by atoms with Crippen LogP contribution in [0.4, 0.5) is 0 Å². The van der Waals surface area contributed by atoms with Crippen LogP contribution in [0.15, 0.2) is 24.3 Å². The molecule has 3 rings (SSSR count). The first-order valence-corrected chi connectivity index (χ1v) is 7.57. The predicted octanol–water partition coefficient (Wildman–Crippen LogP) is 4.09. The molecule has 1 aliphatic rings. The minimum Gasteiger partial charge on any atom is -0.486 e. The van der Waals surface area contributed by atoms with Gasteiger partial charge in [-0.3, -0.25) is 4.79 Å². The molecule has 0 unspecified atom stereocenters. The number of hydrogen-bond acceptors (Lipinski definition) is 4. The molecule has 0 amide bonds. The summed E-state index contributed by atoms with van der Waals surface area (Å²) >= 11 is 0. The molecule has 0 radical (unpaired) electrons. The van der Waals surface area contributed by atoms with E-state index in [1.54, 1.807) is 0 Å². The van der Waals surface area contributed by atoms with Crippen LogP contribution in [-0.2, 0) is 10.2 Å². The molecule has 0 fully saturated rings. The standard InChI is InChI=1S/C19H19NO3/c1-11(21)22-16-12-8-6-7-9-13(12)17-15(14(16)10-20)18(2,3)19(4,5)23-17/h6-9H,1-5H3. The van der Waals surface area contributed by atoms with E-state index in [1.807, 2.05) is 52.0 Å². The Labute approximate surface area is 135 Å². The first-order chi connectivity index (χ1) is 10.7. The molecular formula is C19H19NO3. The van der Waals surface area contributed by atoms with E-state index in [4.69, 9.17) is 9.47 Å². The van der Waals surface area contributed by atoms with E-state index in [-0.39, 0.29) is 0 Å². The number of ether oxygens (including phenoxy) is 2. The smallest absolute Gasteiger partial charge is 0.308 e. The van der Waals surface area contributed by atoms with Crippen LogP contribution < -0.4 is 9.47 Å². The Hall–Kier alpha value is -2.54. The maximum Gasteiger partial charge on any atom is 0.308 e. The van der Waals surface area contributed by atoms with E-state index < -0.39 is 17.0 Å². The lowest BCUT2D eigenvalue weighted by Crippen LogP contribution is -2.42. The van der Waals surface area contributed by atoms with Crippen LogP contribution in [0, 0.1) is 11.3 Å². The SMILES string of the molecule is CC(=O)Oc1c(C#N)c2c(c3ccccc13)OC(C)(C)C2(C)C. The molecule has 0 atom stereocenters. The largest absolute Gasteiger partial charge is 0.486 e. The summed E-state index contributed by atoms with van der Waals surface area (Å²) in [5, 5.41) is 11.3. The Kier molecular flexibility index (Phi) is 3.16. The third-order valence-corrected chi connectivity index (χ3v) is 4.97. The van der Waals surface area contributed by atoms with Gasteiger partial charge in [-0.15, -0.1) is 0 Å². The number of benzene rings is 2. The molecule has 0 N–H and O–H groups in total. The van der Waals surface area contributed by atoms with Crippen LogP contribution in [0.5, 0.6) is 11.5 Å². The van der Waals surface area contributed by atoms with Gasteiger partial charge in [0.1, 0.15) is 23.0 Å². The molecule has 0 saturated carbocycles. The molecule has 23 heavy (non-hydrogen) atoms. The van der Waals surface area contributed by atoms with Gasteiger partial charge in [0.25, 0.3) is 0 Å². The van der Waals surface area contributed by atoms with Gasteiger partial charge in [0.15, 0.2) is 5.75 Å². The summed E-state index contributed by atoms with van der Waals surface area (Å²) in [6.07, 6.45) is 0. The zero-order valence-corrected chi connectivity index (χ0v) is 14.0. The molecule has 1 heterocycles. The van der Waals surface area contributed by atoms with Crippen molar-refractivity contribution in [1.29, 1.82) is 5.26 Å². The summed E-state index contributed by atoms with van der Waals surface area (Å²) in [6.45, 7) is 9.45. The van der Waals surface area contributed by atoms with Crippen molar-refractivity contribution in [2.24, 2.45) is 0 Å². The van der Waals surface area contributed by atoms with Crippen LogP contribution >= 0.6 is 0 Å². The van der Waals surface area contributed by atoms with Crippen LogP contribution in [0.25, 0.3) is 10.8 Å². The lowest BCUT2D eigenvalue weighted by atomic mass is 9.72. The van der Waals surface area contributed by atoms with Crippen LogP contribution in [0.3, 0.4) is 0 Å². The van der Waals surface area contributed by atoms with Gasteiger partial charge in [0.05, 0.1) is 0 Å². The van der Waals surface area contributed by atoms with Crippen LogP contribution in [0.1, 0.15) is 45.7 Å². The van der Waals surface area contributed by atoms with Crippen molar-refractivity contribution < 1.29 is 14.3 Å². The second kappa shape index (κ2) is 4.73. The summed E-state index contributed by atoms with van der Waals surface area (Å²) in [5.74, 6) is 0.592. The Bertz CT molecular complexity index is 872. The van der Waals surface area contributed by atoms with Gasteiger partial charge >= 0.3 is 5.97 Å². The van der Waals surface area contributed by atoms with Gasteiger partial charge in [-0.2, -0.15) is 5.26 Å². The number of carbonyl (C=O) groups is 1. The fourth-order valence-electron chi connectivity index (χ4n) is 3.12. The highest BCUT2D eigenvalue weighted by Crippen LogP contribution is 2.55. The normalized spacial score (nSPS) is 17.2. The first kappa shape index (κ1) is 15.4. The topological polar surface area (TPSA) is 59.3 Å². The molecule has 118 valence electrons. The Morgan fingerprint density at radius 3 is 2.35 bits per heavy atom. The van der Waals surface area contributed by atoms with Crippen molar-refractivity contribution in [2.75, 3.05) is 0 Å². The van der Waals surface area contributed by atoms with Crippen molar-refractivity contribution in [1.82, 2.24) is 0 Å². The summed E-state index contributed by atoms with van der Waals surface area (Å²) < 4.78 is 11.7. The summed E-state index contributed by atoms with van der Waals surface area (Å²) in [7, 11) is 0. The molecule has 0 aromatic heterocycles. The van der Waals surface area contributed by atoms with Crippen molar-refractivity contribution in [2.45, 2.75) is 45.6 Å². The lowest BCUT2D eigenvalue weighted by Gasteiger charge is -2.33. The van der Waals surface area contributed by atoms with Crippen molar-refractivity contribution in [3.63, 3.8) is 0 Å². The van der Waals surface area contributed by atoms with Crippen LogP contribution in [0.2, 0.25) is 0 Å². The fraction of sp³-hybridized carbons (Fsp3) is 0.368. The Morgan fingerprint density at radius 1 is 1.17 bits per heavy atom. The molecule has 0 bridgehead atoms. The number of hydrogen-bond donors (Lipinski definition) is 0. The van der Waals surface area contributed by atoms with E-state index >= 15 is 0 Å². The van der Waals surface area contributed by atoms with E-state index in [2.05, 4.69) is 6.07 Å². The summed E-state index contributed by atoms with van der Waals surface area (Å²) in [6, 6.07) is 9.77. The number of rotatable bonds is 1. The van der Waals surface area contributed by atoms with Gasteiger partial charge in [0, 0.05) is 28.7 Å². The number of fused-ring (bicyclic) bond motifs is 3. The maximum atomic E-state index is 11.6. The highest BCUT2D eigenvalue weighted by atomic mass is 16.5. The predicted molar refractivity (Wildman–Crippen MR) is 87.7 cm³/mol. The molecule has 0 spiro atoms. The lowest BCUT2D eigenvalue weighted by molar-refractivity contribution is -0.131. The maximum absolute atomic E-state index is 11.6. The summed E-state index contributed by atoms with van der Waals surface area (Å²) in [4.78, 5) is 11.6. The van der Waals surface area contributed by atoms with E-state index in [0.29, 0.717) is 22.4 Å². The minimum atomic E-state index is -0.474. The van der Waals surface area contributed by atoms with E-state index in [1.165, 1.54) is 6.92 Å². The van der Waals surface area contributed by atoms with Gasteiger partial charge < -0.3 is 9.47 Å². The number of nitrogens with zero attached hydrogens (tertiary/aromatic N) is 1. The van der Waals surface area contributed by atoms with Crippen molar-refractivity contribution in [3.8, 4) is 17.6 Å². The second-order valence-electron chi connectivity index (χ2n) is 6.90. The number of nitriles is 1. The molecule has 4 nitrogen and oxygen atoms in total. The Morgan fingerprint density at radius 2 is 1.78 bits per heavy atom. The van der Waals surface area contributed by atoms with E-state index in [0.717, 1.165) is 10.9 Å². The molecule has 0 aliphatic carbocycles. The minimum absolute atomic E-state index is 0.323. The zero-order chi connectivity index (χ0) is 17.0. The second-order valence-corrected chi connectivity index (χ2v) is 6.90. The molecule has 1 aliphatic heterocycles. The monoisotopic (exact) mass is 309 g/mol. The van der Waals surface area contributed by atoms with Crippen molar-refractivity contribution >= 4 is 16.7 Å². The number of carbonyl (C=O) groups excluding carboxylic acids is 1. The number of esters is 1. The van der Waals surface area contributed by atoms with E-state index in [9.17, 15) is 10.1 Å². The fourth-order valence-corrected chi connectivity index (χ4v) is 3.12. The molecular weight excluding hydrogens is 290 g/mol. The third kappa shape index (κ3) is 2.00.